The molecule has 5 nitrogen and oxygen atoms in total. The van der Waals surface area contributed by atoms with Gasteiger partial charge < -0.3 is 14.6 Å². The first kappa shape index (κ1) is 25.7. The summed E-state index contributed by atoms with van der Waals surface area (Å²) in [4.78, 5) is 16.3. The molecule has 1 N–H and O–H groups in total. The zero-order chi connectivity index (χ0) is 24.0. The van der Waals surface area contributed by atoms with Crippen molar-refractivity contribution in [2.24, 2.45) is 0 Å². The number of ether oxygens (including phenoxy) is 2. The van der Waals surface area contributed by atoms with E-state index in [2.05, 4.69) is 18.0 Å². The number of carboxylic acids is 1. The lowest BCUT2D eigenvalue weighted by Gasteiger charge is -2.17. The van der Waals surface area contributed by atoms with Gasteiger partial charge in [-0.1, -0.05) is 88.3 Å². The molecule has 0 radical (unpaired) electrons. The molecule has 0 aliphatic heterocycles. The molecular weight excluding hydrogens is 426 g/mol. The highest BCUT2D eigenvalue weighted by atomic mass is 16.5. The predicted molar refractivity (Wildman–Crippen MR) is 136 cm³/mol. The van der Waals surface area contributed by atoms with Crippen molar-refractivity contribution in [3.8, 4) is 5.75 Å². The lowest BCUT2D eigenvalue weighted by atomic mass is 10.1. The van der Waals surface area contributed by atoms with Gasteiger partial charge in [-0.2, -0.15) is 0 Å². The number of nitrogens with zero attached hydrogens (tertiary/aromatic N) is 1. The van der Waals surface area contributed by atoms with Crippen molar-refractivity contribution in [2.75, 3.05) is 6.61 Å². The average molecular weight is 464 g/mol. The molecule has 0 spiro atoms. The molecule has 182 valence electrons. The van der Waals surface area contributed by atoms with Crippen LogP contribution in [0, 0.1) is 0 Å². The van der Waals surface area contributed by atoms with Crippen LogP contribution < -0.4 is 4.74 Å². The maximum Gasteiger partial charge on any atom is 0.333 e. The minimum atomic E-state index is -0.937. The number of fused-ring (bicyclic) bond motifs is 1. The van der Waals surface area contributed by atoms with Crippen molar-refractivity contribution >= 4 is 16.9 Å². The fraction of sp³-hybridized carbons (Fsp3) is 0.448. The van der Waals surface area contributed by atoms with Crippen LogP contribution in [0.2, 0.25) is 0 Å². The summed E-state index contributed by atoms with van der Waals surface area (Å²) in [5.74, 6) is -0.259. The van der Waals surface area contributed by atoms with Gasteiger partial charge in [0.05, 0.1) is 5.52 Å². The maximum absolute atomic E-state index is 11.8. The van der Waals surface area contributed by atoms with E-state index in [1.807, 2.05) is 54.7 Å². The minimum Gasteiger partial charge on any atom is -0.489 e. The van der Waals surface area contributed by atoms with Crippen LogP contribution in [0.25, 0.3) is 10.9 Å². The second-order valence-corrected chi connectivity index (χ2v) is 8.81. The highest BCUT2D eigenvalue weighted by Crippen LogP contribution is 2.23. The van der Waals surface area contributed by atoms with Crippen LogP contribution in [0.4, 0.5) is 0 Å². The predicted octanol–water partition coefficient (Wildman–Crippen LogP) is 6.97. The number of hydrogen-bond acceptors (Lipinski definition) is 4. The molecule has 1 aromatic heterocycles. The van der Waals surface area contributed by atoms with E-state index >= 15 is 0 Å². The maximum atomic E-state index is 11.8. The number of para-hydroxylation sites is 2. The van der Waals surface area contributed by atoms with Gasteiger partial charge in [0.1, 0.15) is 12.4 Å². The number of pyridine rings is 1. The molecule has 3 rings (SSSR count). The zero-order valence-corrected chi connectivity index (χ0v) is 20.2. The molecule has 0 amide bonds. The summed E-state index contributed by atoms with van der Waals surface area (Å²) in [5, 5.41) is 10.7. The Hall–Kier alpha value is -2.92. The standard InChI is InChI=1S/C29H37NO4/c1-2-3-4-5-6-7-8-13-18-33-28(29(31)32)20-25-15-10-12-17-27(25)34-22-23-19-24-14-9-11-16-26(24)30-21-23/h9-12,14-17,19,21,28H,2-8,13,18,20,22H2,1H3,(H,31,32). The lowest BCUT2D eigenvalue weighted by molar-refractivity contribution is -0.150. The average Bonchev–Trinajstić information content (AvgIpc) is 2.86. The molecule has 3 aromatic rings. The van der Waals surface area contributed by atoms with E-state index in [4.69, 9.17) is 9.47 Å². The number of rotatable bonds is 16. The number of aliphatic carboxylic acids is 1. The highest BCUT2D eigenvalue weighted by Gasteiger charge is 2.20. The zero-order valence-electron chi connectivity index (χ0n) is 20.2. The monoisotopic (exact) mass is 463 g/mol. The van der Waals surface area contributed by atoms with Crippen LogP contribution >= 0.6 is 0 Å². The third-order valence-electron chi connectivity index (χ3n) is 6.01. The first-order valence-corrected chi connectivity index (χ1v) is 12.6. The molecule has 0 aliphatic rings. The van der Waals surface area contributed by atoms with Crippen LogP contribution in [0.15, 0.2) is 60.8 Å². The Morgan fingerprint density at radius 1 is 0.941 bits per heavy atom. The Balaban J connectivity index is 1.48. The summed E-state index contributed by atoms with van der Waals surface area (Å²) < 4.78 is 11.8. The Bertz CT molecular complexity index is 1020. The van der Waals surface area contributed by atoms with Gasteiger partial charge in [0.25, 0.3) is 0 Å². The Kier molecular flexibility index (Phi) is 10.9. The first-order chi connectivity index (χ1) is 16.7. The molecule has 34 heavy (non-hydrogen) atoms. The van der Waals surface area contributed by atoms with E-state index in [1.54, 1.807) is 0 Å². The van der Waals surface area contributed by atoms with E-state index in [0.717, 1.165) is 34.9 Å². The number of carbonyl (C=O) groups is 1. The van der Waals surface area contributed by atoms with Crippen molar-refractivity contribution in [3.05, 3.63) is 71.9 Å². The Morgan fingerprint density at radius 2 is 1.65 bits per heavy atom. The Morgan fingerprint density at radius 3 is 2.44 bits per heavy atom. The van der Waals surface area contributed by atoms with Gasteiger partial charge in [0.15, 0.2) is 6.10 Å². The highest BCUT2D eigenvalue weighted by molar-refractivity contribution is 5.78. The summed E-state index contributed by atoms with van der Waals surface area (Å²) in [6, 6.07) is 17.6. The van der Waals surface area contributed by atoms with Crippen LogP contribution in [0.3, 0.4) is 0 Å². The van der Waals surface area contributed by atoms with Crippen molar-refractivity contribution in [2.45, 2.75) is 77.4 Å². The van der Waals surface area contributed by atoms with Gasteiger partial charge in [-0.05, 0) is 30.2 Å². The molecule has 1 unspecified atom stereocenters. The topological polar surface area (TPSA) is 68.7 Å². The molecule has 0 saturated heterocycles. The van der Waals surface area contributed by atoms with Crippen molar-refractivity contribution in [3.63, 3.8) is 0 Å². The van der Waals surface area contributed by atoms with E-state index < -0.39 is 12.1 Å². The smallest absolute Gasteiger partial charge is 0.333 e. The van der Waals surface area contributed by atoms with Gasteiger partial charge in [0.2, 0.25) is 0 Å². The summed E-state index contributed by atoms with van der Waals surface area (Å²) >= 11 is 0. The summed E-state index contributed by atoms with van der Waals surface area (Å²) in [5.41, 5.74) is 2.75. The number of aromatic nitrogens is 1. The normalized spacial score (nSPS) is 12.0. The Labute approximate surface area is 203 Å². The number of carboxylic acid groups (broad SMARTS) is 1. The molecule has 0 aliphatic carbocycles. The van der Waals surface area contributed by atoms with Gasteiger partial charge >= 0.3 is 5.97 Å². The molecule has 5 heteroatoms. The minimum absolute atomic E-state index is 0.276. The third-order valence-corrected chi connectivity index (χ3v) is 6.01. The van der Waals surface area contributed by atoms with Crippen LogP contribution in [0.1, 0.15) is 69.4 Å². The SMILES string of the molecule is CCCCCCCCCCOC(Cc1ccccc1OCc1cnc2ccccc2c1)C(=O)O. The quantitative estimate of drug-likeness (QED) is 0.232. The fourth-order valence-electron chi connectivity index (χ4n) is 4.05. The van der Waals surface area contributed by atoms with Gasteiger partial charge in [-0.3, -0.25) is 4.98 Å². The molecular formula is C29H37NO4. The van der Waals surface area contributed by atoms with E-state index in [0.29, 0.717) is 19.0 Å². The molecule has 0 bridgehead atoms. The van der Waals surface area contributed by atoms with E-state index in [9.17, 15) is 9.90 Å². The first-order valence-electron chi connectivity index (χ1n) is 12.6. The number of hydrogen-bond donors (Lipinski definition) is 1. The van der Waals surface area contributed by atoms with Crippen molar-refractivity contribution < 1.29 is 19.4 Å². The molecule has 2 aromatic carbocycles. The lowest BCUT2D eigenvalue weighted by Crippen LogP contribution is -2.27. The fourth-order valence-corrected chi connectivity index (χ4v) is 4.05. The molecule has 0 fully saturated rings. The molecule has 1 atom stereocenters. The van der Waals surface area contributed by atoms with Gasteiger partial charge in [0, 0.05) is 30.2 Å². The van der Waals surface area contributed by atoms with Crippen LogP contribution in [0.5, 0.6) is 5.75 Å². The third kappa shape index (κ3) is 8.45. The number of unbranched alkanes of at least 4 members (excludes halogenated alkanes) is 7. The van der Waals surface area contributed by atoms with E-state index in [-0.39, 0.29) is 6.42 Å². The van der Waals surface area contributed by atoms with Crippen LogP contribution in [-0.2, 0) is 22.6 Å². The number of benzene rings is 2. The van der Waals surface area contributed by atoms with Gasteiger partial charge in [-0.25, -0.2) is 4.79 Å². The molecule has 0 saturated carbocycles. The van der Waals surface area contributed by atoms with Crippen molar-refractivity contribution in [1.29, 1.82) is 0 Å². The molecule has 1 heterocycles. The summed E-state index contributed by atoms with van der Waals surface area (Å²) in [6.45, 7) is 3.06. The van der Waals surface area contributed by atoms with Crippen molar-refractivity contribution in [1.82, 2.24) is 4.98 Å². The second-order valence-electron chi connectivity index (χ2n) is 8.81. The van der Waals surface area contributed by atoms with Gasteiger partial charge in [-0.15, -0.1) is 0 Å². The summed E-state index contributed by atoms with van der Waals surface area (Å²) in [6.07, 6.45) is 10.8. The summed E-state index contributed by atoms with van der Waals surface area (Å²) in [7, 11) is 0. The van der Waals surface area contributed by atoms with E-state index in [1.165, 1.54) is 38.5 Å². The van der Waals surface area contributed by atoms with Crippen LogP contribution in [-0.4, -0.2) is 28.8 Å². The second kappa shape index (κ2) is 14.4. The largest absolute Gasteiger partial charge is 0.489 e.